The molecule has 3 heteroatoms. The zero-order valence-electron chi connectivity index (χ0n) is 31.7. The van der Waals surface area contributed by atoms with E-state index >= 15 is 0 Å². The number of rotatable bonds is 5. The van der Waals surface area contributed by atoms with Crippen LogP contribution in [0.4, 0.5) is 0 Å². The summed E-state index contributed by atoms with van der Waals surface area (Å²) in [5.74, 6) is 0. The quantitative estimate of drug-likeness (QED) is 0.160. The summed E-state index contributed by atoms with van der Waals surface area (Å²) < 4.78 is 9.07. The van der Waals surface area contributed by atoms with Crippen molar-refractivity contribution in [3.8, 4) is 5.69 Å². The van der Waals surface area contributed by atoms with Gasteiger partial charge in [-0.25, -0.2) is 0 Å². The van der Waals surface area contributed by atoms with Gasteiger partial charge in [0.15, 0.2) is 8.07 Å². The summed E-state index contributed by atoms with van der Waals surface area (Å²) in [7, 11) is -2.99. The number of nitrogens with zero attached hydrogens (tertiary/aromatic N) is 1. The van der Waals surface area contributed by atoms with Crippen molar-refractivity contribution in [1.82, 2.24) is 4.57 Å². The number of hydrogen-bond acceptors (Lipinski definition) is 1. The molecule has 1 aliphatic heterocycles. The molecule has 0 saturated carbocycles. The SMILES string of the molecule is c1ccc(C2(c3ccccc3)c3ccccc3[Si](c3ccccc3)(c3ccc4oc5ccc(-n6c7ccccc7c7ccccc76)cc5c4c3)c3ccccc32)cc1. The molecule has 1 aliphatic rings. The Bertz CT molecular complexity index is 3200. The number of benzene rings is 9. The number of furan rings is 1. The first-order chi connectivity index (χ1) is 28.8. The third kappa shape index (κ3) is 4.42. The van der Waals surface area contributed by atoms with Gasteiger partial charge >= 0.3 is 0 Å². The van der Waals surface area contributed by atoms with Crippen molar-refractivity contribution in [2.24, 2.45) is 0 Å². The Morgan fingerprint density at radius 3 is 1.41 bits per heavy atom. The third-order valence-corrected chi connectivity index (χ3v) is 17.7. The molecule has 2 aromatic heterocycles. The van der Waals surface area contributed by atoms with Gasteiger partial charge in [-0.15, -0.1) is 0 Å². The van der Waals surface area contributed by atoms with Crippen LogP contribution in [0.2, 0.25) is 0 Å². The lowest BCUT2D eigenvalue weighted by Gasteiger charge is -2.49. The molecule has 11 aromatic rings. The van der Waals surface area contributed by atoms with Crippen molar-refractivity contribution in [2.75, 3.05) is 0 Å². The van der Waals surface area contributed by atoms with Crippen molar-refractivity contribution < 1.29 is 4.42 Å². The van der Waals surface area contributed by atoms with E-state index in [0.29, 0.717) is 0 Å². The normalized spacial score (nSPS) is 14.1. The van der Waals surface area contributed by atoms with E-state index in [1.807, 2.05) is 0 Å². The molecular formula is C55H37NOSi. The molecule has 9 aromatic carbocycles. The molecule has 12 rings (SSSR count). The zero-order chi connectivity index (χ0) is 38.3. The van der Waals surface area contributed by atoms with Gasteiger partial charge in [0.2, 0.25) is 0 Å². The van der Waals surface area contributed by atoms with Gasteiger partial charge in [0.1, 0.15) is 11.2 Å². The van der Waals surface area contributed by atoms with Crippen molar-refractivity contribution in [3.63, 3.8) is 0 Å². The van der Waals surface area contributed by atoms with E-state index in [1.165, 1.54) is 64.8 Å². The minimum absolute atomic E-state index is 0.523. The lowest BCUT2D eigenvalue weighted by Crippen LogP contribution is -2.79. The molecule has 272 valence electrons. The smallest absolute Gasteiger partial charge is 0.180 e. The standard InChI is InChI=1S/C55H37NOSi/c1-4-18-38(19-5-1)55(39-20-6-2-7-21-39)47-26-12-16-30-53(47)58(41-22-8-3-9-23-41,54-31-17-13-27-48(54)55)42-33-35-52-46(37-42)45-36-40(32-34-51(45)57-52)56-49-28-14-10-24-43(49)44-25-11-15-29-50(44)56/h1-37H. The summed E-state index contributed by atoms with van der Waals surface area (Å²) >= 11 is 0. The maximum absolute atomic E-state index is 6.67. The topological polar surface area (TPSA) is 18.1 Å². The molecule has 0 atom stereocenters. The van der Waals surface area contributed by atoms with Crippen LogP contribution in [-0.4, -0.2) is 12.6 Å². The van der Waals surface area contributed by atoms with E-state index in [1.54, 1.807) is 0 Å². The summed E-state index contributed by atoms with van der Waals surface area (Å²) in [6, 6.07) is 83.4. The Labute approximate surface area is 337 Å². The number of hydrogen-bond donors (Lipinski definition) is 0. The van der Waals surface area contributed by atoms with Gasteiger partial charge in [-0.05, 0) is 79.4 Å². The first kappa shape index (κ1) is 33.0. The van der Waals surface area contributed by atoms with E-state index < -0.39 is 13.5 Å². The zero-order valence-corrected chi connectivity index (χ0v) is 32.7. The largest absolute Gasteiger partial charge is 0.456 e. The van der Waals surface area contributed by atoms with Crippen molar-refractivity contribution in [3.05, 3.63) is 247 Å². The Balaban J connectivity index is 1.18. The van der Waals surface area contributed by atoms with Crippen LogP contribution in [0.5, 0.6) is 0 Å². The highest BCUT2D eigenvalue weighted by molar-refractivity contribution is 7.20. The fraction of sp³-hybridized carbons (Fsp3) is 0.0182. The molecule has 0 amide bonds. The lowest BCUT2D eigenvalue weighted by atomic mass is 9.65. The summed E-state index contributed by atoms with van der Waals surface area (Å²) in [5.41, 5.74) is 10.0. The van der Waals surface area contributed by atoms with E-state index in [-0.39, 0.29) is 0 Å². The van der Waals surface area contributed by atoms with Gasteiger partial charge in [0.25, 0.3) is 0 Å². The van der Waals surface area contributed by atoms with Gasteiger partial charge in [0, 0.05) is 27.2 Å². The van der Waals surface area contributed by atoms with E-state index in [0.717, 1.165) is 27.6 Å². The van der Waals surface area contributed by atoms with Crippen LogP contribution in [0, 0.1) is 0 Å². The third-order valence-electron chi connectivity index (χ3n) is 12.8. The lowest BCUT2D eigenvalue weighted by molar-refractivity contribution is 0.669. The fourth-order valence-corrected chi connectivity index (χ4v) is 15.8. The second-order valence-corrected chi connectivity index (χ2v) is 19.3. The Morgan fingerprint density at radius 1 is 0.362 bits per heavy atom. The van der Waals surface area contributed by atoms with E-state index in [2.05, 4.69) is 229 Å². The molecule has 2 nitrogen and oxygen atoms in total. The average molecular weight is 756 g/mol. The van der Waals surface area contributed by atoms with E-state index in [4.69, 9.17) is 4.42 Å². The maximum Gasteiger partial charge on any atom is 0.180 e. The van der Waals surface area contributed by atoms with E-state index in [9.17, 15) is 0 Å². The second-order valence-electron chi connectivity index (χ2n) is 15.6. The van der Waals surface area contributed by atoms with Crippen LogP contribution < -0.4 is 20.7 Å². The predicted octanol–water partition coefficient (Wildman–Crippen LogP) is 10.8. The summed E-state index contributed by atoms with van der Waals surface area (Å²) in [5, 5.41) is 10.3. The van der Waals surface area contributed by atoms with Crippen LogP contribution in [-0.2, 0) is 5.41 Å². The molecular weight excluding hydrogens is 719 g/mol. The van der Waals surface area contributed by atoms with Crippen molar-refractivity contribution in [1.29, 1.82) is 0 Å². The van der Waals surface area contributed by atoms with Crippen LogP contribution >= 0.6 is 0 Å². The molecule has 0 spiro atoms. The summed E-state index contributed by atoms with van der Waals surface area (Å²) in [6.45, 7) is 0. The number of aromatic nitrogens is 1. The Kier molecular flexibility index (Phi) is 7.20. The molecule has 0 unspecified atom stereocenters. The maximum atomic E-state index is 6.67. The van der Waals surface area contributed by atoms with Crippen LogP contribution in [0.25, 0.3) is 49.4 Å². The highest BCUT2D eigenvalue weighted by Gasteiger charge is 2.55. The Hall–Kier alpha value is -7.20. The minimum Gasteiger partial charge on any atom is -0.456 e. The fourth-order valence-electron chi connectivity index (χ4n) is 10.5. The number of para-hydroxylation sites is 2. The molecule has 0 fully saturated rings. The minimum atomic E-state index is -2.99. The van der Waals surface area contributed by atoms with Crippen LogP contribution in [0.15, 0.2) is 229 Å². The van der Waals surface area contributed by atoms with Crippen LogP contribution in [0.3, 0.4) is 0 Å². The molecule has 0 bridgehead atoms. The first-order valence-corrected chi connectivity index (χ1v) is 22.1. The number of fused-ring (bicyclic) bond motifs is 8. The van der Waals surface area contributed by atoms with Crippen LogP contribution in [0.1, 0.15) is 22.3 Å². The van der Waals surface area contributed by atoms with Gasteiger partial charge < -0.3 is 8.98 Å². The molecule has 0 N–H and O–H groups in total. The Morgan fingerprint density at radius 2 is 0.828 bits per heavy atom. The molecule has 3 heterocycles. The van der Waals surface area contributed by atoms with Gasteiger partial charge in [-0.1, -0.05) is 188 Å². The monoisotopic (exact) mass is 755 g/mol. The summed E-state index contributed by atoms with van der Waals surface area (Å²) in [4.78, 5) is 0. The average Bonchev–Trinajstić information content (AvgIpc) is 3.84. The molecule has 58 heavy (non-hydrogen) atoms. The van der Waals surface area contributed by atoms with Gasteiger partial charge in [-0.2, -0.15) is 0 Å². The molecule has 0 radical (unpaired) electrons. The van der Waals surface area contributed by atoms with Crippen molar-refractivity contribution >= 4 is 72.6 Å². The van der Waals surface area contributed by atoms with Crippen molar-refractivity contribution in [2.45, 2.75) is 5.41 Å². The van der Waals surface area contributed by atoms with Gasteiger partial charge in [0.05, 0.1) is 16.4 Å². The highest BCUT2D eigenvalue weighted by atomic mass is 28.3. The van der Waals surface area contributed by atoms with Gasteiger partial charge in [-0.3, -0.25) is 0 Å². The first-order valence-electron chi connectivity index (χ1n) is 20.1. The molecule has 0 aliphatic carbocycles. The predicted molar refractivity (Wildman–Crippen MR) is 244 cm³/mol. The second kappa shape index (κ2) is 12.7. The summed E-state index contributed by atoms with van der Waals surface area (Å²) in [6.07, 6.45) is 0. The highest BCUT2D eigenvalue weighted by Crippen LogP contribution is 2.47. The molecule has 0 saturated heterocycles.